The molecule has 0 bridgehead atoms. The Hall–Kier alpha value is -3.61. The molecule has 0 radical (unpaired) electrons. The van der Waals surface area contributed by atoms with Gasteiger partial charge in [-0.05, 0) is 61.1 Å². The molecule has 6 nitrogen and oxygen atoms in total. The Morgan fingerprint density at radius 3 is 2.50 bits per heavy atom. The zero-order valence-electron chi connectivity index (χ0n) is 19.2. The van der Waals surface area contributed by atoms with E-state index in [9.17, 15) is 5.11 Å². The number of pyridine rings is 2. The van der Waals surface area contributed by atoms with Gasteiger partial charge < -0.3 is 10.8 Å². The predicted octanol–water partition coefficient (Wildman–Crippen LogP) is 4.61. The number of aliphatic hydroxyl groups is 1. The monoisotopic (exact) mass is 450 g/mol. The van der Waals surface area contributed by atoms with Crippen LogP contribution in [0.15, 0.2) is 79.1 Å². The molecule has 0 spiro atoms. The Kier molecular flexibility index (Phi) is 4.94. The van der Waals surface area contributed by atoms with E-state index in [1.807, 2.05) is 52.7 Å². The molecule has 0 saturated heterocycles. The van der Waals surface area contributed by atoms with Crippen molar-refractivity contribution in [3.05, 3.63) is 90.5 Å². The lowest BCUT2D eigenvalue weighted by Gasteiger charge is -2.38. The maximum Gasteiger partial charge on any atom is 0.311 e. The van der Waals surface area contributed by atoms with E-state index in [0.29, 0.717) is 12.2 Å². The van der Waals surface area contributed by atoms with Gasteiger partial charge in [0.15, 0.2) is 0 Å². The number of hydrogen-bond acceptors (Lipinski definition) is 4. The molecule has 34 heavy (non-hydrogen) atoms. The Bertz CT molecular complexity index is 1490. The summed E-state index contributed by atoms with van der Waals surface area (Å²) in [4.78, 5) is 4.75. The van der Waals surface area contributed by atoms with E-state index < -0.39 is 6.10 Å². The minimum Gasteiger partial charge on any atom is -0.382 e. The highest BCUT2D eigenvalue weighted by atomic mass is 16.3. The SMILES string of the molecule is CCC(O)c1nn(-c2ccc(C3(N)CCC3)cc2)c2c3cc(-c4ccccc4)cnc3cc[n+]12. The fourth-order valence-corrected chi connectivity index (χ4v) is 4.89. The fraction of sp³-hybridized carbons (Fsp3) is 0.250. The van der Waals surface area contributed by atoms with Crippen LogP contribution in [-0.2, 0) is 5.54 Å². The van der Waals surface area contributed by atoms with Gasteiger partial charge in [-0.3, -0.25) is 4.98 Å². The maximum atomic E-state index is 10.8. The van der Waals surface area contributed by atoms with Gasteiger partial charge in [0.1, 0.15) is 11.8 Å². The van der Waals surface area contributed by atoms with Gasteiger partial charge in [-0.15, -0.1) is 0 Å². The number of aliphatic hydroxyl groups excluding tert-OH is 1. The van der Waals surface area contributed by atoms with Gasteiger partial charge in [0.05, 0.1) is 17.1 Å². The molecule has 0 aliphatic heterocycles. The number of nitrogens with two attached hydrogens (primary N) is 1. The van der Waals surface area contributed by atoms with Crippen LogP contribution in [0.1, 0.15) is 50.1 Å². The van der Waals surface area contributed by atoms with Gasteiger partial charge >= 0.3 is 5.82 Å². The summed E-state index contributed by atoms with van der Waals surface area (Å²) in [5.41, 5.74) is 12.3. The van der Waals surface area contributed by atoms with E-state index in [1.165, 1.54) is 12.0 Å². The van der Waals surface area contributed by atoms with Crippen LogP contribution in [0.4, 0.5) is 0 Å². The van der Waals surface area contributed by atoms with Crippen molar-refractivity contribution in [1.29, 1.82) is 0 Å². The van der Waals surface area contributed by atoms with Crippen molar-refractivity contribution in [3.63, 3.8) is 0 Å². The number of hydrogen-bond donors (Lipinski definition) is 2. The minimum atomic E-state index is -0.668. The van der Waals surface area contributed by atoms with Crippen molar-refractivity contribution in [3.8, 4) is 16.8 Å². The molecule has 6 rings (SSSR count). The third-order valence-electron chi connectivity index (χ3n) is 7.14. The van der Waals surface area contributed by atoms with Crippen LogP contribution in [0.25, 0.3) is 33.4 Å². The minimum absolute atomic E-state index is 0.204. The first kappa shape index (κ1) is 21.0. The summed E-state index contributed by atoms with van der Waals surface area (Å²) in [5, 5.41) is 16.6. The molecule has 170 valence electrons. The fourth-order valence-electron chi connectivity index (χ4n) is 4.89. The van der Waals surface area contributed by atoms with Crippen molar-refractivity contribution in [2.24, 2.45) is 5.73 Å². The molecule has 0 amide bonds. The number of rotatable bonds is 5. The Balaban J connectivity index is 1.58. The Morgan fingerprint density at radius 2 is 1.82 bits per heavy atom. The van der Waals surface area contributed by atoms with Crippen molar-refractivity contribution in [2.45, 2.75) is 44.2 Å². The van der Waals surface area contributed by atoms with Gasteiger partial charge in [0.25, 0.3) is 5.65 Å². The lowest BCUT2D eigenvalue weighted by atomic mass is 9.73. The average Bonchev–Trinajstić information content (AvgIpc) is 3.27. The highest BCUT2D eigenvalue weighted by Gasteiger charge is 2.34. The standard InChI is InChI=1S/C28H28N5O/c1-2-25(34)26-31-33(22-11-9-21(10-12-22)28(29)14-6-15-28)27-23-17-20(19-7-4-3-5-8-19)18-30-24(23)13-16-32(26)27/h3-5,7-13,16-18,25,34H,2,6,14-15,29H2,1H3/q+1. The lowest BCUT2D eigenvalue weighted by molar-refractivity contribution is -0.527. The molecule has 1 saturated carbocycles. The molecular weight excluding hydrogens is 422 g/mol. The topological polar surface area (TPSA) is 81.1 Å². The van der Waals surface area contributed by atoms with E-state index in [-0.39, 0.29) is 5.54 Å². The molecule has 3 aromatic heterocycles. The van der Waals surface area contributed by atoms with Crippen molar-refractivity contribution < 1.29 is 9.51 Å². The second-order valence-electron chi connectivity index (χ2n) is 9.28. The van der Waals surface area contributed by atoms with Crippen molar-refractivity contribution >= 4 is 16.6 Å². The highest BCUT2D eigenvalue weighted by Crippen LogP contribution is 2.39. The predicted molar refractivity (Wildman–Crippen MR) is 132 cm³/mol. The van der Waals surface area contributed by atoms with Crippen LogP contribution < -0.4 is 10.1 Å². The largest absolute Gasteiger partial charge is 0.382 e. The molecule has 1 aliphatic carbocycles. The lowest BCUT2D eigenvalue weighted by Crippen LogP contribution is -2.43. The number of fused-ring (bicyclic) bond motifs is 3. The van der Waals surface area contributed by atoms with E-state index in [4.69, 9.17) is 15.8 Å². The van der Waals surface area contributed by atoms with E-state index in [1.54, 1.807) is 0 Å². The Morgan fingerprint density at radius 1 is 1.06 bits per heavy atom. The molecule has 2 aromatic carbocycles. The summed E-state index contributed by atoms with van der Waals surface area (Å²) in [6.45, 7) is 1.96. The van der Waals surface area contributed by atoms with Crippen LogP contribution >= 0.6 is 0 Å². The van der Waals surface area contributed by atoms with Gasteiger partial charge in [-0.2, -0.15) is 4.40 Å². The van der Waals surface area contributed by atoms with Crippen LogP contribution in [0.3, 0.4) is 0 Å². The molecule has 6 heteroatoms. The number of nitrogens with zero attached hydrogens (tertiary/aromatic N) is 4. The molecule has 3 heterocycles. The zero-order chi connectivity index (χ0) is 23.3. The van der Waals surface area contributed by atoms with Crippen molar-refractivity contribution in [2.75, 3.05) is 0 Å². The van der Waals surface area contributed by atoms with Gasteiger partial charge in [0, 0.05) is 22.4 Å². The molecule has 1 aliphatic rings. The molecule has 1 atom stereocenters. The van der Waals surface area contributed by atoms with Gasteiger partial charge in [-0.1, -0.05) is 54.1 Å². The van der Waals surface area contributed by atoms with E-state index in [2.05, 4.69) is 42.5 Å². The molecule has 1 fully saturated rings. The van der Waals surface area contributed by atoms with Gasteiger partial charge in [0.2, 0.25) is 0 Å². The third kappa shape index (κ3) is 3.30. The summed E-state index contributed by atoms with van der Waals surface area (Å²) >= 11 is 0. The van der Waals surface area contributed by atoms with Crippen LogP contribution in [0.2, 0.25) is 0 Å². The first-order valence-corrected chi connectivity index (χ1v) is 11.9. The average molecular weight is 451 g/mol. The summed E-state index contributed by atoms with van der Waals surface area (Å²) in [6.07, 6.45) is 7.00. The normalized spacial score (nSPS) is 16.0. The van der Waals surface area contributed by atoms with Crippen molar-refractivity contribution in [1.82, 2.24) is 14.8 Å². The van der Waals surface area contributed by atoms with E-state index >= 15 is 0 Å². The summed E-state index contributed by atoms with van der Waals surface area (Å²) in [5.74, 6) is 0.614. The number of aromatic nitrogens is 4. The third-order valence-corrected chi connectivity index (χ3v) is 7.14. The molecular formula is C28H28N5O+. The van der Waals surface area contributed by atoms with Crippen LogP contribution in [-0.4, -0.2) is 19.9 Å². The van der Waals surface area contributed by atoms with E-state index in [0.717, 1.165) is 46.2 Å². The van der Waals surface area contributed by atoms with Crippen LogP contribution in [0.5, 0.6) is 0 Å². The number of benzene rings is 2. The maximum absolute atomic E-state index is 10.8. The summed E-state index contributed by atoms with van der Waals surface area (Å²) in [6, 6.07) is 22.8. The quantitative estimate of drug-likeness (QED) is 0.383. The summed E-state index contributed by atoms with van der Waals surface area (Å²) in [7, 11) is 0. The van der Waals surface area contributed by atoms with Crippen LogP contribution in [0, 0.1) is 0 Å². The first-order valence-electron chi connectivity index (χ1n) is 11.9. The highest BCUT2D eigenvalue weighted by molar-refractivity contribution is 5.92. The smallest absolute Gasteiger partial charge is 0.311 e. The second-order valence-corrected chi connectivity index (χ2v) is 9.28. The second kappa shape index (κ2) is 8.01. The molecule has 5 aromatic rings. The van der Waals surface area contributed by atoms with Gasteiger partial charge in [-0.25, -0.2) is 0 Å². The molecule has 1 unspecified atom stereocenters. The molecule has 3 N–H and O–H groups in total. The Labute approximate surface area is 198 Å². The summed E-state index contributed by atoms with van der Waals surface area (Å²) < 4.78 is 3.90. The first-order chi connectivity index (χ1) is 16.6. The zero-order valence-corrected chi connectivity index (χ0v) is 19.2.